The van der Waals surface area contributed by atoms with Gasteiger partial charge in [-0.25, -0.2) is 4.98 Å². The predicted molar refractivity (Wildman–Crippen MR) is 64.2 cm³/mol. The van der Waals surface area contributed by atoms with Crippen molar-refractivity contribution in [3.05, 3.63) is 23.8 Å². The minimum atomic E-state index is 0.426. The number of nitrogens with zero attached hydrogens (tertiary/aromatic N) is 4. The van der Waals surface area contributed by atoms with Crippen molar-refractivity contribution in [1.82, 2.24) is 19.7 Å². The van der Waals surface area contributed by atoms with Crippen molar-refractivity contribution in [3.63, 3.8) is 0 Å². The highest BCUT2D eigenvalue weighted by Crippen LogP contribution is 2.31. The molecule has 0 saturated carbocycles. The van der Waals surface area contributed by atoms with E-state index in [1.54, 1.807) is 6.20 Å². The van der Waals surface area contributed by atoms with Gasteiger partial charge in [-0.3, -0.25) is 0 Å². The minimum Gasteiger partial charge on any atom is -0.397 e. The standard InChI is InChI=1S/C10H9N5OS/c1-15-4-3-12-9(15)8-13-10(16-14-8)7-6(11)2-5-17-7/h2-5H,11H2,1H3. The lowest BCUT2D eigenvalue weighted by Gasteiger charge is -1.92. The monoisotopic (exact) mass is 247 g/mol. The zero-order valence-corrected chi connectivity index (χ0v) is 9.81. The molecule has 7 heteroatoms. The second-order valence-electron chi connectivity index (χ2n) is 3.49. The fourth-order valence-corrected chi connectivity index (χ4v) is 2.22. The molecule has 3 rings (SSSR count). The highest BCUT2D eigenvalue weighted by atomic mass is 32.1. The fraction of sp³-hybridized carbons (Fsp3) is 0.100. The predicted octanol–water partition coefficient (Wildman–Crippen LogP) is 1.78. The first kappa shape index (κ1) is 10.0. The van der Waals surface area contributed by atoms with E-state index >= 15 is 0 Å². The van der Waals surface area contributed by atoms with E-state index in [2.05, 4.69) is 15.1 Å². The number of anilines is 1. The first-order chi connectivity index (χ1) is 8.25. The van der Waals surface area contributed by atoms with Crippen molar-refractivity contribution in [2.24, 2.45) is 7.05 Å². The molecule has 17 heavy (non-hydrogen) atoms. The Morgan fingerprint density at radius 3 is 3.00 bits per heavy atom. The molecule has 0 saturated heterocycles. The van der Waals surface area contributed by atoms with Crippen LogP contribution in [-0.4, -0.2) is 19.7 Å². The Hall–Kier alpha value is -2.15. The summed E-state index contributed by atoms with van der Waals surface area (Å²) in [6, 6.07) is 1.81. The normalized spacial score (nSPS) is 10.9. The number of imidazole rings is 1. The fourth-order valence-electron chi connectivity index (χ4n) is 1.48. The molecule has 0 bridgehead atoms. The Morgan fingerprint density at radius 1 is 1.47 bits per heavy atom. The van der Waals surface area contributed by atoms with Gasteiger partial charge in [0, 0.05) is 19.4 Å². The van der Waals surface area contributed by atoms with Gasteiger partial charge < -0.3 is 14.8 Å². The Bertz CT molecular complexity index is 598. The number of thiophene rings is 1. The van der Waals surface area contributed by atoms with E-state index in [4.69, 9.17) is 10.3 Å². The summed E-state index contributed by atoms with van der Waals surface area (Å²) in [7, 11) is 1.87. The van der Waals surface area contributed by atoms with Crippen LogP contribution in [0.25, 0.3) is 22.4 Å². The molecule has 0 radical (unpaired) electrons. The molecular formula is C10H9N5OS. The Kier molecular flexibility index (Phi) is 2.19. The molecule has 0 aliphatic carbocycles. The van der Waals surface area contributed by atoms with Crippen molar-refractivity contribution in [1.29, 1.82) is 0 Å². The molecule has 0 aromatic carbocycles. The van der Waals surface area contributed by atoms with Crippen LogP contribution in [0, 0.1) is 0 Å². The average molecular weight is 247 g/mol. The van der Waals surface area contributed by atoms with Gasteiger partial charge in [0.1, 0.15) is 4.88 Å². The van der Waals surface area contributed by atoms with Gasteiger partial charge in [-0.1, -0.05) is 5.16 Å². The third-order valence-corrected chi connectivity index (χ3v) is 3.26. The Labute approximate surface area is 101 Å². The zero-order chi connectivity index (χ0) is 11.8. The zero-order valence-electron chi connectivity index (χ0n) is 8.99. The summed E-state index contributed by atoms with van der Waals surface area (Å²) < 4.78 is 7.01. The number of nitrogen functional groups attached to an aromatic ring is 1. The summed E-state index contributed by atoms with van der Waals surface area (Å²) in [6.45, 7) is 0. The van der Waals surface area contributed by atoms with Crippen molar-refractivity contribution in [3.8, 4) is 22.4 Å². The molecule has 0 atom stereocenters. The van der Waals surface area contributed by atoms with Gasteiger partial charge in [0.05, 0.1) is 5.69 Å². The molecule has 6 nitrogen and oxygen atoms in total. The lowest BCUT2D eigenvalue weighted by molar-refractivity contribution is 0.432. The van der Waals surface area contributed by atoms with Crippen molar-refractivity contribution >= 4 is 17.0 Å². The maximum absolute atomic E-state index is 5.79. The summed E-state index contributed by atoms with van der Waals surface area (Å²) in [5.74, 6) is 1.55. The van der Waals surface area contributed by atoms with Gasteiger partial charge >= 0.3 is 0 Å². The van der Waals surface area contributed by atoms with E-state index < -0.39 is 0 Å². The summed E-state index contributed by atoms with van der Waals surface area (Å²) in [5, 5.41) is 5.78. The van der Waals surface area contributed by atoms with Gasteiger partial charge in [0.15, 0.2) is 5.82 Å². The number of rotatable bonds is 2. The van der Waals surface area contributed by atoms with Crippen LogP contribution >= 0.6 is 11.3 Å². The number of aromatic nitrogens is 4. The highest BCUT2D eigenvalue weighted by Gasteiger charge is 2.16. The van der Waals surface area contributed by atoms with E-state index in [1.165, 1.54) is 11.3 Å². The molecule has 3 heterocycles. The number of hydrogen-bond donors (Lipinski definition) is 1. The molecule has 0 amide bonds. The second kappa shape index (κ2) is 3.70. The van der Waals surface area contributed by atoms with Gasteiger partial charge in [-0.05, 0) is 11.4 Å². The maximum Gasteiger partial charge on any atom is 0.270 e. The molecule has 3 aromatic rings. The topological polar surface area (TPSA) is 82.8 Å². The third kappa shape index (κ3) is 1.60. The molecule has 0 spiro atoms. The van der Waals surface area contributed by atoms with E-state index in [1.807, 2.05) is 29.3 Å². The molecule has 86 valence electrons. The number of hydrogen-bond acceptors (Lipinski definition) is 6. The first-order valence-electron chi connectivity index (χ1n) is 4.90. The smallest absolute Gasteiger partial charge is 0.270 e. The summed E-state index contributed by atoms with van der Waals surface area (Å²) in [6.07, 6.45) is 3.51. The van der Waals surface area contributed by atoms with Crippen molar-refractivity contribution < 1.29 is 4.52 Å². The molecule has 2 N–H and O–H groups in total. The lowest BCUT2D eigenvalue weighted by Crippen LogP contribution is -1.92. The lowest BCUT2D eigenvalue weighted by atomic mass is 10.4. The highest BCUT2D eigenvalue weighted by molar-refractivity contribution is 7.14. The Balaban J connectivity index is 2.05. The molecular weight excluding hydrogens is 238 g/mol. The van der Waals surface area contributed by atoms with Gasteiger partial charge in [0.2, 0.25) is 5.82 Å². The Morgan fingerprint density at radius 2 is 2.35 bits per heavy atom. The van der Waals surface area contributed by atoms with Crippen molar-refractivity contribution in [2.75, 3.05) is 5.73 Å². The summed E-state index contributed by atoms with van der Waals surface area (Å²) in [5.41, 5.74) is 6.44. The van der Waals surface area contributed by atoms with Gasteiger partial charge in [-0.15, -0.1) is 11.3 Å². The van der Waals surface area contributed by atoms with Crippen LogP contribution in [0.15, 0.2) is 28.4 Å². The second-order valence-corrected chi connectivity index (χ2v) is 4.41. The summed E-state index contributed by atoms with van der Waals surface area (Å²) in [4.78, 5) is 9.23. The molecule has 3 aromatic heterocycles. The molecule has 0 fully saturated rings. The van der Waals surface area contributed by atoms with Crippen molar-refractivity contribution in [2.45, 2.75) is 0 Å². The van der Waals surface area contributed by atoms with Crippen LogP contribution in [0.2, 0.25) is 0 Å². The SMILES string of the molecule is Cn1ccnc1-c1noc(-c2sccc2N)n1. The maximum atomic E-state index is 5.79. The largest absolute Gasteiger partial charge is 0.397 e. The summed E-state index contributed by atoms with van der Waals surface area (Å²) >= 11 is 1.47. The number of nitrogens with two attached hydrogens (primary N) is 1. The number of aryl methyl sites for hydroxylation is 1. The van der Waals surface area contributed by atoms with Crippen LogP contribution in [-0.2, 0) is 7.05 Å². The average Bonchev–Trinajstić information content (AvgIpc) is 2.97. The van der Waals surface area contributed by atoms with Crippen LogP contribution in [0.3, 0.4) is 0 Å². The molecule has 0 aliphatic heterocycles. The molecule has 0 unspecified atom stereocenters. The van der Waals surface area contributed by atoms with Gasteiger partial charge in [0.25, 0.3) is 5.89 Å². The van der Waals surface area contributed by atoms with E-state index in [9.17, 15) is 0 Å². The quantitative estimate of drug-likeness (QED) is 0.746. The minimum absolute atomic E-state index is 0.426. The molecule has 0 aliphatic rings. The van der Waals surface area contributed by atoms with Crippen LogP contribution in [0.5, 0.6) is 0 Å². The van der Waals surface area contributed by atoms with Crippen LogP contribution in [0.4, 0.5) is 5.69 Å². The van der Waals surface area contributed by atoms with E-state index in [-0.39, 0.29) is 0 Å². The van der Waals surface area contributed by atoms with Gasteiger partial charge in [-0.2, -0.15) is 4.98 Å². The third-order valence-electron chi connectivity index (χ3n) is 2.34. The van der Waals surface area contributed by atoms with E-state index in [0.29, 0.717) is 23.2 Å². The van der Waals surface area contributed by atoms with Crippen LogP contribution in [0.1, 0.15) is 0 Å². The first-order valence-corrected chi connectivity index (χ1v) is 5.78. The van der Waals surface area contributed by atoms with Crippen LogP contribution < -0.4 is 5.73 Å². The van der Waals surface area contributed by atoms with E-state index in [0.717, 1.165) is 4.88 Å².